The largest absolute Gasteiger partial charge is 0.496 e. The van der Waals surface area contributed by atoms with Crippen LogP contribution in [0, 0.1) is 5.92 Å². The van der Waals surface area contributed by atoms with Gasteiger partial charge in [-0.3, -0.25) is 4.79 Å². The van der Waals surface area contributed by atoms with Crippen molar-refractivity contribution in [2.24, 2.45) is 5.92 Å². The van der Waals surface area contributed by atoms with E-state index in [9.17, 15) is 9.90 Å². The predicted octanol–water partition coefficient (Wildman–Crippen LogP) is 2.60. The first kappa shape index (κ1) is 18.0. The molecule has 1 saturated heterocycles. The van der Waals surface area contributed by atoms with Gasteiger partial charge in [0, 0.05) is 37.7 Å². The van der Waals surface area contributed by atoms with E-state index in [4.69, 9.17) is 21.1 Å². The van der Waals surface area contributed by atoms with Crippen molar-refractivity contribution >= 4 is 17.5 Å². The van der Waals surface area contributed by atoms with Gasteiger partial charge in [0.05, 0.1) is 18.3 Å². The minimum absolute atomic E-state index is 0.0198. The number of likely N-dealkylation sites (tertiary alicyclic amines) is 1. The second-order valence-corrected chi connectivity index (χ2v) is 6.53. The Labute approximate surface area is 142 Å². The maximum absolute atomic E-state index is 12.8. The van der Waals surface area contributed by atoms with E-state index < -0.39 is 5.60 Å². The maximum atomic E-state index is 12.8. The first-order valence-electron chi connectivity index (χ1n) is 7.75. The number of carbonyl (C=O) groups excluding carboxylic acids is 1. The van der Waals surface area contributed by atoms with Crippen LogP contribution >= 0.6 is 11.6 Å². The zero-order valence-electron chi connectivity index (χ0n) is 13.8. The third-order valence-corrected chi connectivity index (χ3v) is 4.88. The molecule has 1 heterocycles. The van der Waals surface area contributed by atoms with Crippen LogP contribution in [0.5, 0.6) is 5.75 Å². The van der Waals surface area contributed by atoms with Gasteiger partial charge in [-0.15, -0.1) is 0 Å². The van der Waals surface area contributed by atoms with Crippen molar-refractivity contribution in [3.8, 4) is 5.75 Å². The third kappa shape index (κ3) is 3.97. The number of methoxy groups -OCH3 is 2. The monoisotopic (exact) mass is 341 g/mol. The summed E-state index contributed by atoms with van der Waals surface area (Å²) < 4.78 is 10.3. The predicted molar refractivity (Wildman–Crippen MR) is 89.1 cm³/mol. The van der Waals surface area contributed by atoms with Crippen LogP contribution < -0.4 is 4.74 Å². The van der Waals surface area contributed by atoms with Crippen molar-refractivity contribution in [3.63, 3.8) is 0 Å². The summed E-state index contributed by atoms with van der Waals surface area (Å²) >= 11 is 5.95. The minimum atomic E-state index is -0.781. The number of hydrogen-bond acceptors (Lipinski definition) is 4. The van der Waals surface area contributed by atoms with Gasteiger partial charge in [-0.25, -0.2) is 0 Å². The Hall–Kier alpha value is -1.30. The summed E-state index contributed by atoms with van der Waals surface area (Å²) in [4.78, 5) is 14.5. The van der Waals surface area contributed by atoms with Crippen molar-refractivity contribution in [3.05, 3.63) is 28.8 Å². The SMILES string of the molecule is COCC[C@]1(O)CCN(C(=O)c2ccc(Cl)cc2OC)C[C@H]1C. The normalized spacial score (nSPS) is 24.6. The number of ether oxygens (including phenoxy) is 2. The van der Waals surface area contributed by atoms with E-state index in [2.05, 4.69) is 0 Å². The fraction of sp³-hybridized carbons (Fsp3) is 0.588. The Kier molecular flexibility index (Phi) is 5.89. The molecule has 1 aliphatic rings. The Bertz CT molecular complexity index is 566. The van der Waals surface area contributed by atoms with Gasteiger partial charge in [0.25, 0.3) is 5.91 Å². The molecule has 1 amide bonds. The second-order valence-electron chi connectivity index (χ2n) is 6.09. The zero-order valence-corrected chi connectivity index (χ0v) is 14.6. The molecule has 0 bridgehead atoms. The Morgan fingerprint density at radius 2 is 2.22 bits per heavy atom. The molecule has 1 aromatic rings. The average Bonchev–Trinajstić information content (AvgIpc) is 2.55. The van der Waals surface area contributed by atoms with Gasteiger partial charge in [0.2, 0.25) is 0 Å². The van der Waals surface area contributed by atoms with Crippen LogP contribution in [0.1, 0.15) is 30.1 Å². The van der Waals surface area contributed by atoms with Crippen molar-refractivity contribution < 1.29 is 19.4 Å². The summed E-state index contributed by atoms with van der Waals surface area (Å²) in [5.74, 6) is 0.350. The van der Waals surface area contributed by atoms with Gasteiger partial charge < -0.3 is 19.5 Å². The van der Waals surface area contributed by atoms with Crippen LogP contribution in [0.3, 0.4) is 0 Å². The van der Waals surface area contributed by atoms with E-state index in [1.54, 1.807) is 30.2 Å². The molecule has 1 aliphatic heterocycles. The highest BCUT2D eigenvalue weighted by Crippen LogP contribution is 2.33. The van der Waals surface area contributed by atoms with E-state index in [0.29, 0.717) is 48.9 Å². The van der Waals surface area contributed by atoms with Crippen LogP contribution in [-0.2, 0) is 4.74 Å². The number of benzene rings is 1. The average molecular weight is 342 g/mol. The number of piperidine rings is 1. The fourth-order valence-corrected chi connectivity index (χ4v) is 3.18. The first-order valence-corrected chi connectivity index (χ1v) is 8.13. The molecule has 0 radical (unpaired) electrons. The van der Waals surface area contributed by atoms with Crippen molar-refractivity contribution in [2.45, 2.75) is 25.4 Å². The summed E-state index contributed by atoms with van der Waals surface area (Å²) in [6.45, 7) is 3.49. The van der Waals surface area contributed by atoms with Crippen LogP contribution in [0.15, 0.2) is 18.2 Å². The van der Waals surface area contributed by atoms with Crippen molar-refractivity contribution in [1.29, 1.82) is 0 Å². The highest BCUT2D eigenvalue weighted by molar-refractivity contribution is 6.30. The molecule has 0 aromatic heterocycles. The molecule has 0 saturated carbocycles. The molecular formula is C17H24ClNO4. The number of carbonyl (C=O) groups is 1. The molecule has 2 rings (SSSR count). The van der Waals surface area contributed by atoms with Crippen LogP contribution in [0.2, 0.25) is 5.02 Å². The number of amides is 1. The Morgan fingerprint density at radius 1 is 1.48 bits per heavy atom. The van der Waals surface area contributed by atoms with E-state index in [-0.39, 0.29) is 11.8 Å². The summed E-state index contributed by atoms with van der Waals surface area (Å²) in [7, 11) is 3.14. The fourth-order valence-electron chi connectivity index (χ4n) is 3.01. The number of nitrogens with zero attached hydrogens (tertiary/aromatic N) is 1. The molecule has 1 N–H and O–H groups in total. The van der Waals surface area contributed by atoms with Crippen molar-refractivity contribution in [2.75, 3.05) is 33.9 Å². The van der Waals surface area contributed by atoms with Crippen LogP contribution in [-0.4, -0.2) is 55.4 Å². The third-order valence-electron chi connectivity index (χ3n) is 4.65. The van der Waals surface area contributed by atoms with Gasteiger partial charge in [-0.05, 0) is 31.0 Å². The standard InChI is InChI=1S/C17H24ClNO4/c1-12-11-19(8-6-17(12,21)7-9-22-2)16(20)14-5-4-13(18)10-15(14)23-3/h4-5,10,12,21H,6-9,11H2,1-3H3/t12-,17-/m1/s1. The summed E-state index contributed by atoms with van der Waals surface area (Å²) in [5, 5.41) is 11.2. The molecule has 6 heteroatoms. The van der Waals surface area contributed by atoms with Gasteiger partial charge in [0.1, 0.15) is 5.75 Å². The van der Waals surface area contributed by atoms with E-state index in [1.807, 2.05) is 6.92 Å². The first-order chi connectivity index (χ1) is 10.9. The minimum Gasteiger partial charge on any atom is -0.496 e. The molecule has 1 aromatic carbocycles. The van der Waals surface area contributed by atoms with E-state index in [0.717, 1.165) is 0 Å². The van der Waals surface area contributed by atoms with E-state index in [1.165, 1.54) is 7.11 Å². The quantitative estimate of drug-likeness (QED) is 0.894. The highest BCUT2D eigenvalue weighted by Gasteiger charge is 2.40. The molecule has 128 valence electrons. The van der Waals surface area contributed by atoms with Gasteiger partial charge in [-0.2, -0.15) is 0 Å². The van der Waals surface area contributed by atoms with Crippen LogP contribution in [0.25, 0.3) is 0 Å². The maximum Gasteiger partial charge on any atom is 0.257 e. The molecule has 1 fully saturated rings. The number of hydrogen-bond donors (Lipinski definition) is 1. The summed E-state index contributed by atoms with van der Waals surface area (Å²) in [6.07, 6.45) is 1.12. The Morgan fingerprint density at radius 3 is 2.83 bits per heavy atom. The van der Waals surface area contributed by atoms with Gasteiger partial charge in [-0.1, -0.05) is 18.5 Å². The number of rotatable bonds is 5. The lowest BCUT2D eigenvalue weighted by atomic mass is 9.79. The molecule has 23 heavy (non-hydrogen) atoms. The lowest BCUT2D eigenvalue weighted by Crippen LogP contribution is -2.52. The molecule has 0 spiro atoms. The lowest BCUT2D eigenvalue weighted by Gasteiger charge is -2.43. The smallest absolute Gasteiger partial charge is 0.257 e. The molecular weight excluding hydrogens is 318 g/mol. The number of halogens is 1. The van der Waals surface area contributed by atoms with Crippen LogP contribution in [0.4, 0.5) is 0 Å². The van der Waals surface area contributed by atoms with Crippen molar-refractivity contribution in [1.82, 2.24) is 4.90 Å². The van der Waals surface area contributed by atoms with Gasteiger partial charge >= 0.3 is 0 Å². The topological polar surface area (TPSA) is 59.0 Å². The van der Waals surface area contributed by atoms with E-state index >= 15 is 0 Å². The Balaban J connectivity index is 2.11. The number of aliphatic hydroxyl groups is 1. The molecule has 0 unspecified atom stereocenters. The summed E-state index contributed by atoms with van der Waals surface area (Å²) in [6, 6.07) is 5.00. The zero-order chi connectivity index (χ0) is 17.0. The lowest BCUT2D eigenvalue weighted by molar-refractivity contribution is -0.0750. The summed E-state index contributed by atoms with van der Waals surface area (Å²) in [5.41, 5.74) is -0.289. The van der Waals surface area contributed by atoms with Gasteiger partial charge in [0.15, 0.2) is 0 Å². The molecule has 2 atom stereocenters. The second kappa shape index (κ2) is 7.51. The highest BCUT2D eigenvalue weighted by atomic mass is 35.5. The molecule has 0 aliphatic carbocycles. The molecule has 5 nitrogen and oxygen atoms in total.